The molecule has 0 saturated carbocycles. The Labute approximate surface area is 223 Å². The number of hydrogen-bond acceptors (Lipinski definition) is 4. The molecule has 1 atom stereocenters. The standard InChI is InChI=1S/C13H12FNO.C13H10FNO.B.Na.H/c2*1-9(16)13-7-4-11(8-15-13)10-2-5-12(14)6-3-10;;;/h2-9,16H,1H3;2-8H,1H3;;;/q;;;+1;-1. The van der Waals surface area contributed by atoms with E-state index in [2.05, 4.69) is 9.97 Å². The van der Waals surface area contributed by atoms with E-state index in [1.807, 2.05) is 6.07 Å². The van der Waals surface area contributed by atoms with Gasteiger partial charge in [0.15, 0.2) is 5.78 Å². The van der Waals surface area contributed by atoms with Crippen molar-refractivity contribution >= 4 is 14.2 Å². The summed E-state index contributed by atoms with van der Waals surface area (Å²) in [5.74, 6) is -0.583. The number of aliphatic hydroxyl groups is 1. The van der Waals surface area contributed by atoms with E-state index in [1.54, 1.807) is 61.8 Å². The van der Waals surface area contributed by atoms with Crippen molar-refractivity contribution in [2.24, 2.45) is 0 Å². The molecule has 8 heteroatoms. The van der Waals surface area contributed by atoms with Crippen LogP contribution in [-0.2, 0) is 0 Å². The average Bonchev–Trinajstić information content (AvgIpc) is 2.81. The van der Waals surface area contributed by atoms with E-state index in [4.69, 9.17) is 0 Å². The smallest absolute Gasteiger partial charge is 1.00 e. The van der Waals surface area contributed by atoms with Gasteiger partial charge in [0.1, 0.15) is 17.3 Å². The van der Waals surface area contributed by atoms with Crippen LogP contribution in [-0.4, -0.2) is 29.3 Å². The number of carbonyl (C=O) groups is 1. The summed E-state index contributed by atoms with van der Waals surface area (Å²) < 4.78 is 25.4. The fraction of sp³-hybridized carbons (Fsp3) is 0.115. The minimum absolute atomic E-state index is 0. The molecular formula is C26H23BF2N2NaO2. The molecule has 2 aromatic heterocycles. The SMILES string of the molecule is CC(=O)c1ccc(-c2ccc(F)cc2)cn1.CC(O)c1ccc(-c2ccc(F)cc2)cn1.[B].[H-].[Na+]. The zero-order valence-corrected chi connectivity index (χ0v) is 21.2. The zero-order valence-electron chi connectivity index (χ0n) is 20.2. The van der Waals surface area contributed by atoms with Crippen LogP contribution in [0.4, 0.5) is 8.78 Å². The van der Waals surface area contributed by atoms with Crippen LogP contribution < -0.4 is 29.6 Å². The fourth-order valence-electron chi connectivity index (χ4n) is 2.88. The second kappa shape index (κ2) is 13.9. The molecule has 4 aromatic rings. The van der Waals surface area contributed by atoms with E-state index in [1.165, 1.54) is 31.2 Å². The van der Waals surface area contributed by atoms with Crippen molar-refractivity contribution in [2.75, 3.05) is 0 Å². The number of pyridine rings is 2. The van der Waals surface area contributed by atoms with E-state index in [9.17, 15) is 18.7 Å². The summed E-state index contributed by atoms with van der Waals surface area (Å²) in [6.45, 7) is 3.14. The number of rotatable bonds is 4. The van der Waals surface area contributed by atoms with Gasteiger partial charge in [0.2, 0.25) is 0 Å². The molecule has 4 nitrogen and oxygen atoms in total. The molecule has 1 unspecified atom stereocenters. The van der Waals surface area contributed by atoms with Gasteiger partial charge >= 0.3 is 29.6 Å². The van der Waals surface area contributed by atoms with Crippen LogP contribution in [0.3, 0.4) is 0 Å². The Morgan fingerprint density at radius 3 is 1.50 bits per heavy atom. The molecule has 4 rings (SSSR count). The third-order valence-corrected chi connectivity index (χ3v) is 4.69. The van der Waals surface area contributed by atoms with Gasteiger partial charge in [0.05, 0.1) is 11.8 Å². The van der Waals surface area contributed by atoms with Crippen molar-refractivity contribution in [3.63, 3.8) is 0 Å². The van der Waals surface area contributed by atoms with Crippen molar-refractivity contribution in [3.05, 3.63) is 108 Å². The third kappa shape index (κ3) is 8.26. The first-order valence-electron chi connectivity index (χ1n) is 9.96. The van der Waals surface area contributed by atoms with Gasteiger partial charge in [-0.25, -0.2) is 8.78 Å². The van der Waals surface area contributed by atoms with Gasteiger partial charge in [-0.1, -0.05) is 36.4 Å². The van der Waals surface area contributed by atoms with Crippen LogP contribution in [0.5, 0.6) is 0 Å². The Morgan fingerprint density at radius 1 is 0.765 bits per heavy atom. The van der Waals surface area contributed by atoms with Gasteiger partial charge in [-0.2, -0.15) is 0 Å². The average molecular weight is 467 g/mol. The van der Waals surface area contributed by atoms with Gasteiger partial charge in [-0.15, -0.1) is 0 Å². The number of hydrogen-bond donors (Lipinski definition) is 1. The number of benzene rings is 2. The molecule has 0 bridgehead atoms. The summed E-state index contributed by atoms with van der Waals surface area (Å²) in [5.41, 5.74) is 4.63. The van der Waals surface area contributed by atoms with Crippen molar-refractivity contribution < 1.29 is 49.7 Å². The molecule has 34 heavy (non-hydrogen) atoms. The zero-order chi connectivity index (χ0) is 23.1. The van der Waals surface area contributed by atoms with E-state index < -0.39 is 6.10 Å². The number of aromatic nitrogens is 2. The second-order valence-electron chi connectivity index (χ2n) is 7.15. The molecular weight excluding hydrogens is 444 g/mol. The van der Waals surface area contributed by atoms with Crippen LogP contribution in [0, 0.1) is 11.6 Å². The maximum absolute atomic E-state index is 12.7. The predicted octanol–water partition coefficient (Wildman–Crippen LogP) is 2.77. The third-order valence-electron chi connectivity index (χ3n) is 4.69. The maximum Gasteiger partial charge on any atom is 1.00 e. The van der Waals surface area contributed by atoms with Crippen LogP contribution in [0.2, 0.25) is 0 Å². The number of aliphatic hydroxyl groups excluding tert-OH is 1. The van der Waals surface area contributed by atoms with Gasteiger partial charge < -0.3 is 6.53 Å². The van der Waals surface area contributed by atoms with Crippen LogP contribution in [0.25, 0.3) is 22.3 Å². The number of Topliss-reactive ketones (excluding diaryl/α,β-unsaturated/α-hetero) is 1. The van der Waals surface area contributed by atoms with Gasteiger partial charge in [-0.05, 0) is 54.4 Å². The molecule has 167 valence electrons. The molecule has 0 saturated heterocycles. The van der Waals surface area contributed by atoms with Gasteiger partial charge in [-0.3, -0.25) is 14.8 Å². The van der Waals surface area contributed by atoms with Crippen molar-refractivity contribution in [1.29, 1.82) is 0 Å². The molecule has 0 aliphatic carbocycles. The summed E-state index contributed by atoms with van der Waals surface area (Å²) in [6.07, 6.45) is 2.72. The first kappa shape index (κ1) is 29.3. The Balaban J connectivity index is 0.000000608. The molecule has 0 fully saturated rings. The van der Waals surface area contributed by atoms with Crippen molar-refractivity contribution in [2.45, 2.75) is 20.0 Å². The fourth-order valence-corrected chi connectivity index (χ4v) is 2.88. The number of nitrogens with zero attached hydrogens (tertiary/aromatic N) is 2. The van der Waals surface area contributed by atoms with Crippen molar-refractivity contribution in [3.8, 4) is 22.3 Å². The quantitative estimate of drug-likeness (QED) is 0.371. The van der Waals surface area contributed by atoms with Crippen LogP contribution in [0.1, 0.15) is 37.6 Å². The van der Waals surface area contributed by atoms with Gasteiger partial charge in [0, 0.05) is 38.9 Å². The van der Waals surface area contributed by atoms with E-state index >= 15 is 0 Å². The minimum Gasteiger partial charge on any atom is -1.00 e. The summed E-state index contributed by atoms with van der Waals surface area (Å²) in [5, 5.41) is 9.31. The molecule has 2 aromatic carbocycles. The number of ketones is 1. The number of carbonyl (C=O) groups excluding carboxylic acids is 1. The summed E-state index contributed by atoms with van der Waals surface area (Å²) >= 11 is 0. The molecule has 0 aliphatic rings. The number of halogens is 2. The first-order valence-corrected chi connectivity index (χ1v) is 9.96. The Hall–Kier alpha value is -2.71. The summed E-state index contributed by atoms with van der Waals surface area (Å²) in [4.78, 5) is 19.2. The van der Waals surface area contributed by atoms with E-state index in [-0.39, 0.29) is 56.8 Å². The topological polar surface area (TPSA) is 63.1 Å². The first-order chi connectivity index (χ1) is 15.3. The predicted molar refractivity (Wildman–Crippen MR) is 127 cm³/mol. The monoisotopic (exact) mass is 467 g/mol. The summed E-state index contributed by atoms with van der Waals surface area (Å²) in [6, 6.07) is 19.5. The normalized spacial score (nSPS) is 10.6. The Bertz CT molecular complexity index is 1180. The van der Waals surface area contributed by atoms with Gasteiger partial charge in [0.25, 0.3) is 0 Å². The van der Waals surface area contributed by atoms with Crippen LogP contribution in [0.15, 0.2) is 85.2 Å². The molecule has 3 radical (unpaired) electrons. The Morgan fingerprint density at radius 2 is 1.18 bits per heavy atom. The molecule has 1 N–H and O–H groups in total. The minimum atomic E-state index is -0.567. The van der Waals surface area contributed by atoms with Crippen molar-refractivity contribution in [1.82, 2.24) is 9.97 Å². The maximum atomic E-state index is 12.7. The van der Waals surface area contributed by atoms with Crippen LogP contribution >= 0.6 is 0 Å². The molecule has 0 aliphatic heterocycles. The van der Waals surface area contributed by atoms with E-state index in [0.29, 0.717) is 11.4 Å². The molecule has 0 amide bonds. The largest absolute Gasteiger partial charge is 1.00 e. The summed E-state index contributed by atoms with van der Waals surface area (Å²) in [7, 11) is 0. The second-order valence-corrected chi connectivity index (χ2v) is 7.15. The molecule has 0 spiro atoms. The molecule has 2 heterocycles. The Kier molecular flexibility index (Phi) is 12.0. The van der Waals surface area contributed by atoms with E-state index in [0.717, 1.165) is 22.3 Å².